The first-order chi connectivity index (χ1) is 11.9. The lowest BCUT2D eigenvalue weighted by Crippen LogP contribution is -2.54. The maximum atomic E-state index is 12.6. The average Bonchev–Trinajstić information content (AvgIpc) is 2.93. The second-order valence-corrected chi connectivity index (χ2v) is 10.2. The molecule has 0 aromatic heterocycles. The zero-order valence-corrected chi connectivity index (χ0v) is 16.3. The lowest BCUT2D eigenvalue weighted by atomic mass is 9.44. The van der Waals surface area contributed by atoms with Crippen LogP contribution in [0.3, 0.4) is 0 Å². The highest BCUT2D eigenvalue weighted by atomic mass is 16.5. The molecule has 4 saturated carbocycles. The molecule has 4 fully saturated rings. The van der Waals surface area contributed by atoms with E-state index < -0.39 is 0 Å². The summed E-state index contributed by atoms with van der Waals surface area (Å²) in [7, 11) is 1.64. The van der Waals surface area contributed by atoms with Crippen molar-refractivity contribution >= 4 is 5.78 Å². The Morgan fingerprint density at radius 3 is 2.48 bits per heavy atom. The molecule has 1 N–H and O–H groups in total. The Morgan fingerprint density at radius 2 is 1.72 bits per heavy atom. The Hall–Kier alpha value is -0.410. The fourth-order valence-corrected chi connectivity index (χ4v) is 8.01. The van der Waals surface area contributed by atoms with Crippen molar-refractivity contribution < 1.29 is 14.6 Å². The number of fused-ring (bicyclic) bond motifs is 5. The number of Topliss-reactive ketones (excluding diaryl/α,β-unsaturated/α-hetero) is 1. The summed E-state index contributed by atoms with van der Waals surface area (Å²) in [6, 6.07) is 0. The van der Waals surface area contributed by atoms with Crippen LogP contribution in [-0.4, -0.2) is 30.7 Å². The second-order valence-electron chi connectivity index (χ2n) is 10.2. The van der Waals surface area contributed by atoms with Crippen LogP contribution in [0.2, 0.25) is 0 Å². The largest absolute Gasteiger partial charge is 0.393 e. The first-order valence-corrected chi connectivity index (χ1v) is 10.6. The number of hydrogen-bond donors (Lipinski definition) is 1. The standard InChI is InChI=1S/C22H36O3/c1-21-10-8-15(23)12-14(21)4-5-16-17-6-7-19(20(24)13-25-3)22(17,2)11-9-18(16)21/h14-19,23H,4-13H2,1-3H3. The number of ketones is 1. The van der Waals surface area contributed by atoms with Gasteiger partial charge in [-0.25, -0.2) is 0 Å². The van der Waals surface area contributed by atoms with E-state index in [4.69, 9.17) is 4.74 Å². The fourth-order valence-electron chi connectivity index (χ4n) is 8.01. The van der Waals surface area contributed by atoms with Crippen LogP contribution in [0, 0.1) is 40.4 Å². The molecule has 8 atom stereocenters. The third-order valence-electron chi connectivity index (χ3n) is 9.31. The number of carbonyl (C=O) groups is 1. The van der Waals surface area contributed by atoms with Crippen LogP contribution < -0.4 is 0 Å². The summed E-state index contributed by atoms with van der Waals surface area (Å²) in [6.07, 6.45) is 10.6. The highest BCUT2D eigenvalue weighted by molar-refractivity contribution is 5.83. The van der Waals surface area contributed by atoms with Crippen molar-refractivity contribution in [2.75, 3.05) is 13.7 Å². The summed E-state index contributed by atoms with van der Waals surface area (Å²) in [6.45, 7) is 5.24. The SMILES string of the molecule is COCC(=O)C1CCC2C3CCC4CC(O)CCC4(C)C3CCC12C. The highest BCUT2D eigenvalue weighted by Crippen LogP contribution is 2.67. The molecule has 25 heavy (non-hydrogen) atoms. The smallest absolute Gasteiger partial charge is 0.162 e. The Bertz CT molecular complexity index is 531. The topological polar surface area (TPSA) is 46.5 Å². The minimum Gasteiger partial charge on any atom is -0.393 e. The molecule has 0 bridgehead atoms. The van der Waals surface area contributed by atoms with Crippen LogP contribution in [-0.2, 0) is 9.53 Å². The normalized spacial score (nSPS) is 52.2. The molecule has 0 amide bonds. The maximum absolute atomic E-state index is 12.6. The third kappa shape index (κ3) is 2.64. The van der Waals surface area contributed by atoms with E-state index in [9.17, 15) is 9.90 Å². The van der Waals surface area contributed by atoms with Gasteiger partial charge in [-0.2, -0.15) is 0 Å². The van der Waals surface area contributed by atoms with Gasteiger partial charge in [0.05, 0.1) is 6.10 Å². The van der Waals surface area contributed by atoms with E-state index in [0.29, 0.717) is 23.7 Å². The Balaban J connectivity index is 1.57. The number of carbonyl (C=O) groups excluding carboxylic acids is 1. The summed E-state index contributed by atoms with van der Waals surface area (Å²) in [5, 5.41) is 10.1. The van der Waals surface area contributed by atoms with Crippen LogP contribution in [0.4, 0.5) is 0 Å². The van der Waals surface area contributed by atoms with Gasteiger partial charge in [-0.15, -0.1) is 0 Å². The van der Waals surface area contributed by atoms with Gasteiger partial charge < -0.3 is 9.84 Å². The van der Waals surface area contributed by atoms with Gasteiger partial charge in [0.15, 0.2) is 5.78 Å². The zero-order valence-electron chi connectivity index (χ0n) is 16.3. The molecule has 3 nitrogen and oxygen atoms in total. The van der Waals surface area contributed by atoms with E-state index >= 15 is 0 Å². The van der Waals surface area contributed by atoms with Crippen molar-refractivity contribution in [3.8, 4) is 0 Å². The maximum Gasteiger partial charge on any atom is 0.162 e. The molecule has 3 heteroatoms. The molecule has 0 spiro atoms. The molecule has 0 aliphatic heterocycles. The quantitative estimate of drug-likeness (QED) is 0.830. The fraction of sp³-hybridized carbons (Fsp3) is 0.955. The lowest BCUT2D eigenvalue weighted by Gasteiger charge is -2.60. The predicted molar refractivity (Wildman–Crippen MR) is 98.1 cm³/mol. The molecule has 0 saturated heterocycles. The molecule has 4 rings (SSSR count). The number of methoxy groups -OCH3 is 1. The minimum atomic E-state index is -0.0639. The van der Waals surface area contributed by atoms with Crippen LogP contribution in [0.15, 0.2) is 0 Å². The van der Waals surface area contributed by atoms with Crippen molar-refractivity contribution in [2.45, 2.75) is 77.7 Å². The lowest BCUT2D eigenvalue weighted by molar-refractivity contribution is -0.142. The van der Waals surface area contributed by atoms with Gasteiger partial charge in [0.1, 0.15) is 6.61 Å². The highest BCUT2D eigenvalue weighted by Gasteiger charge is 2.61. The number of rotatable bonds is 3. The van der Waals surface area contributed by atoms with E-state index in [0.717, 1.165) is 37.0 Å². The van der Waals surface area contributed by atoms with Gasteiger partial charge in [0, 0.05) is 13.0 Å². The van der Waals surface area contributed by atoms with E-state index in [1.807, 2.05) is 0 Å². The van der Waals surface area contributed by atoms with E-state index in [-0.39, 0.29) is 17.4 Å². The molecule has 0 aromatic carbocycles. The van der Waals surface area contributed by atoms with Crippen LogP contribution in [0.25, 0.3) is 0 Å². The molecule has 0 heterocycles. The second kappa shape index (κ2) is 6.34. The number of aliphatic hydroxyl groups is 1. The number of aliphatic hydroxyl groups excluding tert-OH is 1. The van der Waals surface area contributed by atoms with Crippen molar-refractivity contribution in [3.63, 3.8) is 0 Å². The van der Waals surface area contributed by atoms with Gasteiger partial charge in [-0.1, -0.05) is 13.8 Å². The zero-order chi connectivity index (χ0) is 17.8. The minimum absolute atomic E-state index is 0.0639. The van der Waals surface area contributed by atoms with Gasteiger partial charge in [-0.3, -0.25) is 4.79 Å². The van der Waals surface area contributed by atoms with Crippen molar-refractivity contribution in [3.05, 3.63) is 0 Å². The summed E-state index contributed by atoms with van der Waals surface area (Å²) in [4.78, 5) is 12.6. The Morgan fingerprint density at radius 1 is 1.00 bits per heavy atom. The molecule has 8 unspecified atom stereocenters. The third-order valence-corrected chi connectivity index (χ3v) is 9.31. The molecule has 142 valence electrons. The van der Waals surface area contributed by atoms with Gasteiger partial charge in [0.2, 0.25) is 0 Å². The monoisotopic (exact) mass is 348 g/mol. The van der Waals surface area contributed by atoms with Crippen LogP contribution in [0.5, 0.6) is 0 Å². The Labute approximate surface area is 152 Å². The Kier molecular flexibility index (Phi) is 4.56. The van der Waals surface area contributed by atoms with E-state index in [2.05, 4.69) is 13.8 Å². The van der Waals surface area contributed by atoms with Gasteiger partial charge >= 0.3 is 0 Å². The first-order valence-electron chi connectivity index (χ1n) is 10.6. The summed E-state index contributed by atoms with van der Waals surface area (Å²) < 4.78 is 5.17. The number of hydrogen-bond acceptors (Lipinski definition) is 3. The molecule has 4 aliphatic carbocycles. The van der Waals surface area contributed by atoms with Crippen molar-refractivity contribution in [2.24, 2.45) is 40.4 Å². The van der Waals surface area contributed by atoms with E-state index in [1.54, 1.807) is 7.11 Å². The van der Waals surface area contributed by atoms with Crippen molar-refractivity contribution in [1.82, 2.24) is 0 Å². The van der Waals surface area contributed by atoms with Gasteiger partial charge in [0.25, 0.3) is 0 Å². The average molecular weight is 349 g/mol. The van der Waals surface area contributed by atoms with Crippen LogP contribution >= 0.6 is 0 Å². The summed E-state index contributed by atoms with van der Waals surface area (Å²) >= 11 is 0. The van der Waals surface area contributed by atoms with E-state index in [1.165, 1.54) is 38.5 Å². The molecule has 0 aromatic rings. The number of ether oxygens (including phenoxy) is 1. The molecule has 4 aliphatic rings. The van der Waals surface area contributed by atoms with Crippen molar-refractivity contribution in [1.29, 1.82) is 0 Å². The molecule has 0 radical (unpaired) electrons. The summed E-state index contributed by atoms with van der Waals surface area (Å²) in [5.74, 6) is 3.61. The first kappa shape index (κ1) is 18.0. The van der Waals surface area contributed by atoms with Crippen LogP contribution in [0.1, 0.15) is 71.6 Å². The molecular weight excluding hydrogens is 312 g/mol. The predicted octanol–water partition coefficient (Wildman–Crippen LogP) is 4.22. The summed E-state index contributed by atoms with van der Waals surface area (Å²) in [5.41, 5.74) is 0.631. The molecular formula is C22H36O3. The van der Waals surface area contributed by atoms with Gasteiger partial charge in [-0.05, 0) is 92.3 Å².